The monoisotopic (exact) mass is 536 g/mol. The van der Waals surface area contributed by atoms with Gasteiger partial charge in [0.25, 0.3) is 10.0 Å². The predicted octanol–water partition coefficient (Wildman–Crippen LogP) is 5.79. The Balaban J connectivity index is 1.69. The summed E-state index contributed by atoms with van der Waals surface area (Å²) in [6, 6.07) is 20.9. The molecule has 3 aromatic carbocycles. The summed E-state index contributed by atoms with van der Waals surface area (Å²) in [5.74, 6) is 0.735. The zero-order valence-corrected chi connectivity index (χ0v) is 23.3. The maximum atomic E-state index is 13.9. The number of anilines is 1. The molecule has 1 atom stereocenters. The van der Waals surface area contributed by atoms with Crippen molar-refractivity contribution in [1.82, 2.24) is 5.32 Å². The maximum absolute atomic E-state index is 13.9. The van der Waals surface area contributed by atoms with Gasteiger partial charge in [-0.2, -0.15) is 0 Å². The van der Waals surface area contributed by atoms with Gasteiger partial charge in [0.1, 0.15) is 23.6 Å². The molecule has 0 unspecified atom stereocenters. The molecule has 1 aliphatic rings. The fourth-order valence-corrected chi connectivity index (χ4v) is 6.31. The minimum absolute atomic E-state index is 0.106. The summed E-state index contributed by atoms with van der Waals surface area (Å²) in [6.45, 7) is 7.85. The third-order valence-electron chi connectivity index (χ3n) is 7.15. The van der Waals surface area contributed by atoms with Crippen LogP contribution in [-0.4, -0.2) is 33.1 Å². The Morgan fingerprint density at radius 1 is 1.00 bits per heavy atom. The first-order valence-corrected chi connectivity index (χ1v) is 14.6. The number of carbonyl (C=O) groups is 1. The van der Waals surface area contributed by atoms with E-state index in [0.29, 0.717) is 24.5 Å². The zero-order valence-electron chi connectivity index (χ0n) is 22.4. The summed E-state index contributed by atoms with van der Waals surface area (Å²) in [7, 11) is -4.07. The number of nitrogens with one attached hydrogen (secondary N) is 1. The number of rotatable bonds is 10. The van der Waals surface area contributed by atoms with Gasteiger partial charge in [-0.15, -0.1) is 0 Å². The molecule has 0 saturated heterocycles. The van der Waals surface area contributed by atoms with Gasteiger partial charge in [0.15, 0.2) is 0 Å². The lowest BCUT2D eigenvalue weighted by molar-refractivity contribution is -0.121. The summed E-state index contributed by atoms with van der Waals surface area (Å²) < 4.78 is 41.0. The highest BCUT2D eigenvalue weighted by Crippen LogP contribution is 2.42. The lowest BCUT2D eigenvalue weighted by atomic mass is 9.83. The van der Waals surface area contributed by atoms with Crippen molar-refractivity contribution in [2.24, 2.45) is 0 Å². The lowest BCUT2D eigenvalue weighted by Crippen LogP contribution is -2.47. The number of nitrogens with zero attached hydrogens (tertiary/aromatic N) is 1. The van der Waals surface area contributed by atoms with Gasteiger partial charge in [0.2, 0.25) is 5.91 Å². The van der Waals surface area contributed by atoms with Gasteiger partial charge in [-0.05, 0) is 57.0 Å². The minimum atomic E-state index is -4.07. The number of aryl methyl sites for hydroxylation is 1. The van der Waals surface area contributed by atoms with Crippen molar-refractivity contribution in [2.45, 2.75) is 63.5 Å². The van der Waals surface area contributed by atoms with Gasteiger partial charge in [0, 0.05) is 12.0 Å². The molecular weight excluding hydrogens is 500 g/mol. The number of fused-ring (bicyclic) bond motifs is 1. The Bertz CT molecular complexity index is 1370. The molecule has 1 aliphatic heterocycles. The molecule has 0 fully saturated rings. The van der Waals surface area contributed by atoms with Crippen molar-refractivity contribution in [3.63, 3.8) is 0 Å². The number of hydrogen-bond acceptors (Lipinski definition) is 5. The molecule has 0 aromatic heterocycles. The van der Waals surface area contributed by atoms with Crippen LogP contribution in [0.2, 0.25) is 0 Å². The van der Waals surface area contributed by atoms with Crippen LogP contribution in [0.25, 0.3) is 0 Å². The Morgan fingerprint density at radius 2 is 1.66 bits per heavy atom. The normalized spacial score (nSPS) is 16.2. The molecule has 7 nitrogen and oxygen atoms in total. The summed E-state index contributed by atoms with van der Waals surface area (Å²) >= 11 is 0. The number of carbonyl (C=O) groups excluding carboxylic acids is 1. The van der Waals surface area contributed by atoms with Gasteiger partial charge in [-0.1, -0.05) is 61.9 Å². The van der Waals surface area contributed by atoms with Crippen LogP contribution in [-0.2, 0) is 14.8 Å². The van der Waals surface area contributed by atoms with Crippen molar-refractivity contribution in [1.29, 1.82) is 0 Å². The van der Waals surface area contributed by atoms with E-state index in [9.17, 15) is 13.2 Å². The van der Waals surface area contributed by atoms with Crippen LogP contribution < -0.4 is 19.1 Å². The minimum Gasteiger partial charge on any atom is -0.492 e. The molecule has 38 heavy (non-hydrogen) atoms. The molecular formula is C30H36N2O5S. The Labute approximate surface area is 225 Å². The highest BCUT2D eigenvalue weighted by Gasteiger charge is 2.39. The van der Waals surface area contributed by atoms with Crippen LogP contribution in [0.1, 0.15) is 57.2 Å². The van der Waals surface area contributed by atoms with Crippen molar-refractivity contribution in [2.75, 3.05) is 17.5 Å². The van der Waals surface area contributed by atoms with Gasteiger partial charge in [-0.3, -0.25) is 9.10 Å². The number of ether oxygens (including phenoxy) is 2. The summed E-state index contributed by atoms with van der Waals surface area (Å²) in [4.78, 5) is 13.7. The van der Waals surface area contributed by atoms with Gasteiger partial charge >= 0.3 is 0 Å². The molecule has 0 spiro atoms. The number of sulfonamides is 1. The van der Waals surface area contributed by atoms with E-state index in [-0.39, 0.29) is 10.9 Å². The van der Waals surface area contributed by atoms with E-state index in [1.807, 2.05) is 38.1 Å². The SMILES string of the molecule is CCOc1ccccc1N(CC(=O)N[C@@H]1CC(CC)(CC)Oc2ccccc21)S(=O)(=O)c1ccc(C)cc1. The summed E-state index contributed by atoms with van der Waals surface area (Å²) in [6.07, 6.45) is 2.18. The summed E-state index contributed by atoms with van der Waals surface area (Å²) in [5.41, 5.74) is 1.74. The van der Waals surface area contributed by atoms with Crippen LogP contribution in [0.5, 0.6) is 11.5 Å². The van der Waals surface area contributed by atoms with E-state index in [2.05, 4.69) is 19.2 Å². The molecule has 0 aliphatic carbocycles. The van der Waals surface area contributed by atoms with E-state index in [1.165, 1.54) is 0 Å². The fourth-order valence-electron chi connectivity index (χ4n) is 4.88. The van der Waals surface area contributed by atoms with Crippen molar-refractivity contribution in [3.05, 3.63) is 83.9 Å². The quantitative estimate of drug-likeness (QED) is 0.355. The average molecular weight is 537 g/mol. The first-order chi connectivity index (χ1) is 18.2. The van der Waals surface area contributed by atoms with Crippen LogP contribution >= 0.6 is 0 Å². The molecule has 0 radical (unpaired) electrons. The first kappa shape index (κ1) is 27.5. The Morgan fingerprint density at radius 3 is 2.34 bits per heavy atom. The second kappa shape index (κ2) is 11.5. The number of benzene rings is 3. The standard InChI is InChI=1S/C30H36N2O5S/c1-5-30(6-2)20-25(24-12-8-10-14-27(24)37-30)31-29(33)21-32(26-13-9-11-15-28(26)36-7-3)38(34,35)23-18-16-22(4)17-19-23/h8-19,25H,5-7,20-21H2,1-4H3,(H,31,33)/t25-/m1/s1. The molecule has 202 valence electrons. The van der Waals surface area contributed by atoms with Crippen molar-refractivity contribution >= 4 is 21.6 Å². The number of para-hydroxylation sites is 3. The smallest absolute Gasteiger partial charge is 0.264 e. The van der Waals surface area contributed by atoms with Crippen LogP contribution in [0.4, 0.5) is 5.69 Å². The van der Waals surface area contributed by atoms with E-state index in [4.69, 9.17) is 9.47 Å². The Kier molecular flexibility index (Phi) is 8.31. The molecule has 3 aromatic rings. The third-order valence-corrected chi connectivity index (χ3v) is 8.92. The first-order valence-electron chi connectivity index (χ1n) is 13.1. The highest BCUT2D eigenvalue weighted by atomic mass is 32.2. The van der Waals surface area contributed by atoms with Crippen LogP contribution in [0, 0.1) is 6.92 Å². The molecule has 4 rings (SSSR count). The van der Waals surface area contributed by atoms with E-state index in [0.717, 1.165) is 34.0 Å². The number of hydrogen-bond donors (Lipinski definition) is 1. The van der Waals surface area contributed by atoms with Crippen LogP contribution in [0.15, 0.2) is 77.7 Å². The maximum Gasteiger partial charge on any atom is 0.264 e. The second-order valence-electron chi connectivity index (χ2n) is 9.58. The molecule has 8 heteroatoms. The van der Waals surface area contributed by atoms with Gasteiger partial charge < -0.3 is 14.8 Å². The molecule has 0 bridgehead atoms. The van der Waals surface area contributed by atoms with E-state index >= 15 is 0 Å². The third kappa shape index (κ3) is 5.65. The molecule has 1 heterocycles. The molecule has 0 saturated carbocycles. The van der Waals surface area contributed by atoms with Crippen molar-refractivity contribution in [3.8, 4) is 11.5 Å². The van der Waals surface area contributed by atoms with Crippen molar-refractivity contribution < 1.29 is 22.7 Å². The fraction of sp³-hybridized carbons (Fsp3) is 0.367. The largest absolute Gasteiger partial charge is 0.492 e. The topological polar surface area (TPSA) is 84.9 Å². The van der Waals surface area contributed by atoms with Gasteiger partial charge in [0.05, 0.1) is 23.2 Å². The lowest BCUT2D eigenvalue weighted by Gasteiger charge is -2.41. The highest BCUT2D eigenvalue weighted by molar-refractivity contribution is 7.92. The number of amides is 1. The van der Waals surface area contributed by atoms with E-state index < -0.39 is 28.1 Å². The van der Waals surface area contributed by atoms with Crippen LogP contribution in [0.3, 0.4) is 0 Å². The predicted molar refractivity (Wildman–Crippen MR) is 149 cm³/mol. The zero-order chi connectivity index (χ0) is 27.3. The Hall–Kier alpha value is -3.52. The molecule has 1 amide bonds. The van der Waals surface area contributed by atoms with Gasteiger partial charge in [-0.25, -0.2) is 8.42 Å². The summed E-state index contributed by atoms with van der Waals surface area (Å²) in [5, 5.41) is 3.12. The average Bonchev–Trinajstić information content (AvgIpc) is 2.92. The molecule has 1 N–H and O–H groups in total. The second-order valence-corrected chi connectivity index (χ2v) is 11.4. The van der Waals surface area contributed by atoms with E-state index in [1.54, 1.807) is 48.5 Å².